The number of fused-ring (bicyclic) bond motifs is 1. The van der Waals surface area contributed by atoms with E-state index in [9.17, 15) is 4.79 Å². The van der Waals surface area contributed by atoms with Crippen LogP contribution in [0, 0.1) is 0 Å². The molecule has 0 saturated carbocycles. The summed E-state index contributed by atoms with van der Waals surface area (Å²) in [4.78, 5) is 15.0. The van der Waals surface area contributed by atoms with Gasteiger partial charge < -0.3 is 10.2 Å². The molecule has 3 aromatic carbocycles. The molecule has 0 aliphatic carbocycles. The van der Waals surface area contributed by atoms with Gasteiger partial charge in [0.2, 0.25) is 0 Å². The van der Waals surface area contributed by atoms with Crippen LogP contribution in [0.25, 0.3) is 0 Å². The van der Waals surface area contributed by atoms with Crippen molar-refractivity contribution in [2.45, 2.75) is 12.5 Å². The second-order valence-corrected chi connectivity index (χ2v) is 7.31. The maximum atomic E-state index is 13.1. The number of nitrogens with one attached hydrogen (secondary N) is 1. The second-order valence-electron chi connectivity index (χ2n) is 6.40. The Bertz CT molecular complexity index is 926. The quantitative estimate of drug-likeness (QED) is 0.587. The number of urea groups is 1. The van der Waals surface area contributed by atoms with E-state index in [1.54, 1.807) is 0 Å². The molecule has 0 spiro atoms. The first-order valence-electron chi connectivity index (χ1n) is 8.68. The van der Waals surface area contributed by atoms with Crippen molar-refractivity contribution in [3.05, 3.63) is 100 Å². The summed E-state index contributed by atoms with van der Waals surface area (Å²) in [5.41, 5.74) is 4.43. The van der Waals surface area contributed by atoms with E-state index >= 15 is 0 Å². The molecule has 0 aromatic heterocycles. The highest BCUT2D eigenvalue weighted by Crippen LogP contribution is 2.35. The predicted octanol–water partition coefficient (Wildman–Crippen LogP) is 5.63. The van der Waals surface area contributed by atoms with Gasteiger partial charge in [-0.2, -0.15) is 0 Å². The highest BCUT2D eigenvalue weighted by atomic mass is 79.9. The molecule has 3 nitrogen and oxygen atoms in total. The van der Waals surface area contributed by atoms with Crippen molar-refractivity contribution in [2.24, 2.45) is 0 Å². The molecular weight excluding hydrogens is 388 g/mol. The van der Waals surface area contributed by atoms with Gasteiger partial charge in [0, 0.05) is 16.7 Å². The van der Waals surface area contributed by atoms with E-state index in [1.165, 1.54) is 11.1 Å². The summed E-state index contributed by atoms with van der Waals surface area (Å²) >= 11 is 3.45. The van der Waals surface area contributed by atoms with Crippen LogP contribution in [-0.4, -0.2) is 17.5 Å². The standard InChI is InChI=1S/C22H19BrN2O/c23-18-10-6-11-19(15-18)24-22(26)25-14-13-16-7-4-5-12-20(16)21(25)17-8-2-1-3-9-17/h1-12,15,21H,13-14H2,(H,24,26)/t21-/m0/s1. The van der Waals surface area contributed by atoms with E-state index in [-0.39, 0.29) is 12.1 Å². The van der Waals surface area contributed by atoms with Crippen LogP contribution in [0.1, 0.15) is 22.7 Å². The molecular formula is C22H19BrN2O. The number of halogens is 1. The average Bonchev–Trinajstić information content (AvgIpc) is 2.67. The number of benzene rings is 3. The van der Waals surface area contributed by atoms with E-state index in [0.717, 1.165) is 22.1 Å². The topological polar surface area (TPSA) is 32.3 Å². The predicted molar refractivity (Wildman–Crippen MR) is 108 cm³/mol. The molecule has 3 aromatic rings. The lowest BCUT2D eigenvalue weighted by molar-refractivity contribution is 0.194. The summed E-state index contributed by atoms with van der Waals surface area (Å²) in [7, 11) is 0. The van der Waals surface area contributed by atoms with Gasteiger partial charge in [-0.3, -0.25) is 0 Å². The Morgan fingerprint density at radius 1 is 0.962 bits per heavy atom. The average molecular weight is 407 g/mol. The molecule has 1 aliphatic heterocycles. The number of rotatable bonds is 2. The third-order valence-electron chi connectivity index (χ3n) is 4.74. The molecule has 26 heavy (non-hydrogen) atoms. The molecule has 0 unspecified atom stereocenters. The summed E-state index contributed by atoms with van der Waals surface area (Å²) < 4.78 is 0.943. The number of amides is 2. The van der Waals surface area contributed by atoms with Crippen LogP contribution in [0.5, 0.6) is 0 Å². The van der Waals surface area contributed by atoms with Gasteiger partial charge in [-0.25, -0.2) is 4.79 Å². The Balaban J connectivity index is 1.69. The van der Waals surface area contributed by atoms with E-state index in [0.29, 0.717) is 6.54 Å². The largest absolute Gasteiger partial charge is 0.322 e. The highest BCUT2D eigenvalue weighted by Gasteiger charge is 2.31. The summed E-state index contributed by atoms with van der Waals surface area (Å²) in [6, 6.07) is 26.2. The number of carbonyl (C=O) groups is 1. The third-order valence-corrected chi connectivity index (χ3v) is 5.23. The van der Waals surface area contributed by atoms with Gasteiger partial charge in [0.15, 0.2) is 0 Å². The SMILES string of the molecule is O=C(Nc1cccc(Br)c1)N1CCc2ccccc2[C@@H]1c1ccccc1. The van der Waals surface area contributed by atoms with Gasteiger partial charge in [-0.15, -0.1) is 0 Å². The first kappa shape index (κ1) is 16.9. The zero-order valence-electron chi connectivity index (χ0n) is 14.2. The van der Waals surface area contributed by atoms with Gasteiger partial charge >= 0.3 is 6.03 Å². The summed E-state index contributed by atoms with van der Waals surface area (Å²) in [6.07, 6.45) is 0.866. The van der Waals surface area contributed by atoms with Crippen molar-refractivity contribution < 1.29 is 4.79 Å². The zero-order chi connectivity index (χ0) is 17.9. The molecule has 0 saturated heterocycles. The molecule has 0 fully saturated rings. The molecule has 1 N–H and O–H groups in total. The minimum atomic E-state index is -0.0774. The van der Waals surface area contributed by atoms with Crippen LogP contribution in [0.2, 0.25) is 0 Å². The second kappa shape index (κ2) is 7.34. The fraction of sp³-hybridized carbons (Fsp3) is 0.136. The lowest BCUT2D eigenvalue weighted by atomic mass is 9.88. The molecule has 0 bridgehead atoms. The Hall–Kier alpha value is -2.59. The van der Waals surface area contributed by atoms with Crippen molar-refractivity contribution in [3.63, 3.8) is 0 Å². The van der Waals surface area contributed by atoms with Gasteiger partial charge in [-0.05, 0) is 41.3 Å². The number of hydrogen-bond acceptors (Lipinski definition) is 1. The smallest absolute Gasteiger partial charge is 0.313 e. The van der Waals surface area contributed by atoms with E-state index in [2.05, 4.69) is 51.6 Å². The monoisotopic (exact) mass is 406 g/mol. The van der Waals surface area contributed by atoms with E-state index < -0.39 is 0 Å². The van der Waals surface area contributed by atoms with Crippen LogP contribution in [0.4, 0.5) is 10.5 Å². The van der Waals surface area contributed by atoms with Crippen molar-refractivity contribution >= 4 is 27.6 Å². The fourth-order valence-corrected chi connectivity index (χ4v) is 3.94. The molecule has 0 radical (unpaired) electrons. The van der Waals surface area contributed by atoms with Crippen LogP contribution in [-0.2, 0) is 6.42 Å². The first-order valence-corrected chi connectivity index (χ1v) is 9.47. The molecule has 1 aliphatic rings. The van der Waals surface area contributed by atoms with Crippen LogP contribution >= 0.6 is 15.9 Å². The van der Waals surface area contributed by atoms with Crippen LogP contribution < -0.4 is 5.32 Å². The molecule has 130 valence electrons. The maximum absolute atomic E-state index is 13.1. The number of hydrogen-bond donors (Lipinski definition) is 1. The molecule has 1 atom stereocenters. The van der Waals surface area contributed by atoms with E-state index in [1.807, 2.05) is 53.4 Å². The fourth-order valence-electron chi connectivity index (χ4n) is 3.54. The first-order chi connectivity index (χ1) is 12.7. The Kier molecular flexibility index (Phi) is 4.76. The van der Waals surface area contributed by atoms with Crippen molar-refractivity contribution in [1.82, 2.24) is 4.90 Å². The minimum absolute atomic E-state index is 0.0756. The highest BCUT2D eigenvalue weighted by molar-refractivity contribution is 9.10. The normalized spacial score (nSPS) is 16.0. The van der Waals surface area contributed by atoms with Crippen LogP contribution in [0.15, 0.2) is 83.3 Å². The molecule has 4 rings (SSSR count). The van der Waals surface area contributed by atoms with Crippen molar-refractivity contribution in [1.29, 1.82) is 0 Å². The summed E-state index contributed by atoms with van der Waals surface area (Å²) in [5, 5.41) is 3.04. The molecule has 1 heterocycles. The van der Waals surface area contributed by atoms with Crippen LogP contribution in [0.3, 0.4) is 0 Å². The summed E-state index contributed by atoms with van der Waals surface area (Å²) in [6.45, 7) is 0.691. The lowest BCUT2D eigenvalue weighted by Gasteiger charge is -2.37. The van der Waals surface area contributed by atoms with Crippen molar-refractivity contribution in [3.8, 4) is 0 Å². The lowest BCUT2D eigenvalue weighted by Crippen LogP contribution is -2.43. The Labute approximate surface area is 161 Å². The van der Waals surface area contributed by atoms with Gasteiger partial charge in [0.1, 0.15) is 0 Å². The van der Waals surface area contributed by atoms with Gasteiger partial charge in [-0.1, -0.05) is 76.6 Å². The van der Waals surface area contributed by atoms with Gasteiger partial charge in [0.05, 0.1) is 6.04 Å². The Morgan fingerprint density at radius 2 is 1.73 bits per heavy atom. The Morgan fingerprint density at radius 3 is 2.54 bits per heavy atom. The molecule has 2 amide bonds. The third kappa shape index (κ3) is 3.37. The number of nitrogens with zero attached hydrogens (tertiary/aromatic N) is 1. The number of carbonyl (C=O) groups excluding carboxylic acids is 1. The minimum Gasteiger partial charge on any atom is -0.313 e. The van der Waals surface area contributed by atoms with Gasteiger partial charge in [0.25, 0.3) is 0 Å². The molecule has 4 heteroatoms. The zero-order valence-corrected chi connectivity index (χ0v) is 15.8. The van der Waals surface area contributed by atoms with E-state index in [4.69, 9.17) is 0 Å². The number of anilines is 1. The maximum Gasteiger partial charge on any atom is 0.322 e. The summed E-state index contributed by atoms with van der Waals surface area (Å²) in [5.74, 6) is 0. The van der Waals surface area contributed by atoms with Crippen molar-refractivity contribution in [2.75, 3.05) is 11.9 Å².